The molecular weight excluding hydrogens is 505 g/mol. The largest absolute Gasteiger partial charge is 0.423 e. The van der Waals surface area contributed by atoms with Gasteiger partial charge in [0.1, 0.15) is 11.7 Å². The highest BCUT2D eigenvalue weighted by atomic mass is 19.4. The molecule has 0 saturated carbocycles. The second-order valence-electron chi connectivity index (χ2n) is 9.01. The Bertz CT molecular complexity index is 1140. The van der Waals surface area contributed by atoms with Gasteiger partial charge in [0.15, 0.2) is 0 Å². The van der Waals surface area contributed by atoms with Crippen LogP contribution in [-0.4, -0.2) is 75.4 Å². The van der Waals surface area contributed by atoms with Crippen LogP contribution in [0.3, 0.4) is 0 Å². The van der Waals surface area contributed by atoms with E-state index in [2.05, 4.69) is 20.4 Å². The van der Waals surface area contributed by atoms with Gasteiger partial charge in [-0.2, -0.15) is 18.3 Å². The molecule has 2 fully saturated rings. The number of ether oxygens (including phenoxy) is 1. The van der Waals surface area contributed by atoms with Crippen LogP contribution in [0.15, 0.2) is 23.4 Å². The van der Waals surface area contributed by atoms with Crippen molar-refractivity contribution in [1.29, 1.82) is 0 Å². The van der Waals surface area contributed by atoms with Crippen molar-refractivity contribution >= 4 is 17.5 Å². The highest BCUT2D eigenvalue weighted by Crippen LogP contribution is 2.32. The number of aromatic amines is 1. The molecule has 4 heterocycles. The fourth-order valence-electron chi connectivity index (χ4n) is 4.53. The summed E-state index contributed by atoms with van der Waals surface area (Å²) < 4.78 is 70.8. The fraction of sp³-hybridized carbons (Fsp3) is 0.591. The summed E-state index contributed by atoms with van der Waals surface area (Å²) in [6, 6.07) is -0.657. The zero-order valence-electron chi connectivity index (χ0n) is 19.8. The quantitative estimate of drug-likeness (QED) is 0.500. The fourth-order valence-corrected chi connectivity index (χ4v) is 4.53. The standard InChI is InChI=1S/C22H26F5N7O3/c1-12(31-15-10-30-32-19(35)17(15)22(25,26)27)11-37-16-4-7-34(20(16)36)14-2-5-33(6-3-14)21-28-8-13(9-29-21)18(23)24/h8-10,12,14,16,18H,2-7,11H2,1H3,(H2,31,32,35)/t12-,16-/m0/s1. The van der Waals surface area contributed by atoms with E-state index in [1.807, 2.05) is 4.90 Å². The first-order valence-electron chi connectivity index (χ1n) is 11.7. The van der Waals surface area contributed by atoms with E-state index in [0.29, 0.717) is 44.8 Å². The Morgan fingerprint density at radius 1 is 1.11 bits per heavy atom. The first-order valence-corrected chi connectivity index (χ1v) is 11.7. The molecule has 0 bridgehead atoms. The van der Waals surface area contributed by atoms with Crippen LogP contribution in [0.25, 0.3) is 0 Å². The van der Waals surface area contributed by atoms with Gasteiger partial charge in [-0.05, 0) is 19.8 Å². The molecule has 2 aromatic heterocycles. The maximum absolute atomic E-state index is 13.2. The van der Waals surface area contributed by atoms with Crippen LogP contribution in [0.2, 0.25) is 0 Å². The Balaban J connectivity index is 1.27. The van der Waals surface area contributed by atoms with Crippen molar-refractivity contribution < 1.29 is 31.5 Å². The van der Waals surface area contributed by atoms with Crippen molar-refractivity contribution in [3.8, 4) is 0 Å². The molecule has 0 spiro atoms. The lowest BCUT2D eigenvalue weighted by atomic mass is 10.0. The number of halogens is 5. The highest BCUT2D eigenvalue weighted by Gasteiger charge is 2.39. The number of hydrogen-bond acceptors (Lipinski definition) is 8. The number of alkyl halides is 5. The van der Waals surface area contributed by atoms with E-state index in [1.165, 1.54) is 0 Å². The van der Waals surface area contributed by atoms with Crippen molar-refractivity contribution in [2.24, 2.45) is 0 Å². The van der Waals surface area contributed by atoms with Crippen LogP contribution in [-0.2, 0) is 15.7 Å². The van der Waals surface area contributed by atoms with Crippen LogP contribution in [0.4, 0.5) is 33.6 Å². The molecular formula is C22H26F5N7O3. The predicted molar refractivity (Wildman–Crippen MR) is 121 cm³/mol. The van der Waals surface area contributed by atoms with Crippen molar-refractivity contribution in [2.75, 3.05) is 36.5 Å². The second-order valence-corrected chi connectivity index (χ2v) is 9.01. The average Bonchev–Trinajstić information content (AvgIpc) is 3.22. The number of carbonyl (C=O) groups is 1. The molecule has 2 N–H and O–H groups in total. The van der Waals surface area contributed by atoms with E-state index in [4.69, 9.17) is 4.74 Å². The molecule has 202 valence electrons. The van der Waals surface area contributed by atoms with Gasteiger partial charge in [0.25, 0.3) is 17.9 Å². The molecule has 2 atom stereocenters. The third-order valence-electron chi connectivity index (χ3n) is 6.38. The normalized spacial score (nSPS) is 20.1. The minimum absolute atomic E-state index is 0.0234. The minimum Gasteiger partial charge on any atom is -0.378 e. The van der Waals surface area contributed by atoms with Gasteiger partial charge in [0.05, 0.1) is 24.1 Å². The molecule has 10 nitrogen and oxygen atoms in total. The minimum atomic E-state index is -4.86. The van der Waals surface area contributed by atoms with E-state index >= 15 is 0 Å². The topological polar surface area (TPSA) is 116 Å². The van der Waals surface area contributed by atoms with Gasteiger partial charge in [-0.15, -0.1) is 0 Å². The van der Waals surface area contributed by atoms with Gasteiger partial charge in [0.2, 0.25) is 5.95 Å². The predicted octanol–water partition coefficient (Wildman–Crippen LogP) is 2.60. The number of likely N-dealkylation sites (tertiary alicyclic amines) is 1. The lowest BCUT2D eigenvalue weighted by Gasteiger charge is -2.36. The molecule has 37 heavy (non-hydrogen) atoms. The molecule has 1 amide bonds. The van der Waals surface area contributed by atoms with Crippen molar-refractivity contribution in [3.63, 3.8) is 0 Å². The van der Waals surface area contributed by atoms with E-state index in [1.54, 1.807) is 16.9 Å². The molecule has 2 saturated heterocycles. The Morgan fingerprint density at radius 3 is 2.41 bits per heavy atom. The number of carbonyl (C=O) groups excluding carboxylic acids is 1. The van der Waals surface area contributed by atoms with E-state index in [0.717, 1.165) is 18.6 Å². The zero-order valence-corrected chi connectivity index (χ0v) is 19.8. The number of hydrogen-bond donors (Lipinski definition) is 2. The first-order chi connectivity index (χ1) is 17.5. The van der Waals surface area contributed by atoms with Gasteiger partial charge in [-0.1, -0.05) is 0 Å². The molecule has 2 aliphatic rings. The molecule has 0 aromatic carbocycles. The summed E-state index contributed by atoms with van der Waals surface area (Å²) in [5.74, 6) is 0.180. The molecule has 0 aliphatic carbocycles. The number of anilines is 2. The number of rotatable bonds is 8. The van der Waals surface area contributed by atoms with Crippen molar-refractivity contribution in [1.82, 2.24) is 25.1 Å². The number of amides is 1. The number of piperidine rings is 1. The summed E-state index contributed by atoms with van der Waals surface area (Å²) in [5.41, 5.74) is -3.44. The monoisotopic (exact) mass is 531 g/mol. The SMILES string of the molecule is C[C@@H](CO[C@H]1CCN(C2CCN(c3ncc(C(F)F)cn3)CC2)C1=O)Nc1cn[nH]c(=O)c1C(F)(F)F. The average molecular weight is 531 g/mol. The van der Waals surface area contributed by atoms with Gasteiger partial charge in [-0.25, -0.2) is 23.8 Å². The summed E-state index contributed by atoms with van der Waals surface area (Å²) in [5, 5.41) is 7.78. The van der Waals surface area contributed by atoms with Crippen LogP contribution >= 0.6 is 0 Å². The molecule has 15 heteroatoms. The summed E-state index contributed by atoms with van der Waals surface area (Å²) in [6.07, 6.45) is -3.37. The highest BCUT2D eigenvalue weighted by molar-refractivity contribution is 5.83. The van der Waals surface area contributed by atoms with Crippen molar-refractivity contribution in [3.05, 3.63) is 40.1 Å². The summed E-state index contributed by atoms with van der Waals surface area (Å²) >= 11 is 0. The van der Waals surface area contributed by atoms with Gasteiger partial charge < -0.3 is 19.9 Å². The third kappa shape index (κ3) is 6.14. The van der Waals surface area contributed by atoms with Crippen LogP contribution in [0.5, 0.6) is 0 Å². The Hall–Kier alpha value is -3.36. The summed E-state index contributed by atoms with van der Waals surface area (Å²) in [6.45, 7) is 3.12. The third-order valence-corrected chi connectivity index (χ3v) is 6.38. The molecule has 2 aliphatic heterocycles. The number of nitrogens with zero attached hydrogens (tertiary/aromatic N) is 5. The summed E-state index contributed by atoms with van der Waals surface area (Å²) in [7, 11) is 0. The number of aromatic nitrogens is 4. The maximum Gasteiger partial charge on any atom is 0.423 e. The van der Waals surface area contributed by atoms with Gasteiger partial charge in [-0.3, -0.25) is 9.59 Å². The van der Waals surface area contributed by atoms with Gasteiger partial charge in [0, 0.05) is 50.5 Å². The Kier molecular flexibility index (Phi) is 7.90. The van der Waals surface area contributed by atoms with Crippen LogP contribution in [0, 0.1) is 0 Å². The molecule has 4 rings (SSSR count). The lowest BCUT2D eigenvalue weighted by molar-refractivity contribution is -0.139. The zero-order chi connectivity index (χ0) is 26.7. The van der Waals surface area contributed by atoms with Crippen LogP contribution in [0.1, 0.15) is 43.7 Å². The molecule has 2 aromatic rings. The summed E-state index contributed by atoms with van der Waals surface area (Å²) in [4.78, 5) is 36.2. The van der Waals surface area contributed by atoms with E-state index < -0.39 is 41.6 Å². The number of H-pyrrole nitrogens is 1. The Labute approximate surface area is 208 Å². The van der Waals surface area contributed by atoms with E-state index in [-0.39, 0.29) is 24.1 Å². The van der Waals surface area contributed by atoms with Crippen LogP contribution < -0.4 is 15.8 Å². The molecule has 0 unspecified atom stereocenters. The van der Waals surface area contributed by atoms with Crippen molar-refractivity contribution in [2.45, 2.75) is 57.0 Å². The van der Waals surface area contributed by atoms with Gasteiger partial charge >= 0.3 is 6.18 Å². The maximum atomic E-state index is 13.2. The second kappa shape index (κ2) is 10.9. The smallest absolute Gasteiger partial charge is 0.378 e. The van der Waals surface area contributed by atoms with E-state index in [9.17, 15) is 31.5 Å². The molecule has 0 radical (unpaired) electrons. The Morgan fingerprint density at radius 2 is 1.78 bits per heavy atom. The number of nitrogens with one attached hydrogen (secondary N) is 2. The first kappa shape index (κ1) is 26.7. The lowest BCUT2D eigenvalue weighted by Crippen LogP contribution is -2.47.